The first-order valence-electron chi connectivity index (χ1n) is 6.41. The van der Waals surface area contributed by atoms with Crippen LogP contribution < -0.4 is 5.32 Å². The van der Waals surface area contributed by atoms with Crippen LogP contribution in [-0.2, 0) is 16.0 Å². The summed E-state index contributed by atoms with van der Waals surface area (Å²) in [5.74, 6) is -0.308. The van der Waals surface area contributed by atoms with Crippen LogP contribution in [0.25, 0.3) is 0 Å². The molecule has 0 aromatic heterocycles. The van der Waals surface area contributed by atoms with E-state index in [0.717, 1.165) is 5.56 Å². The second-order valence-corrected chi connectivity index (χ2v) is 4.72. The van der Waals surface area contributed by atoms with Crippen LogP contribution in [0, 0.1) is 0 Å². The molecule has 1 aromatic carbocycles. The number of rotatable bonds is 4. The first-order valence-corrected chi connectivity index (χ1v) is 6.41. The number of benzene rings is 1. The van der Waals surface area contributed by atoms with Gasteiger partial charge in [0.25, 0.3) is 0 Å². The van der Waals surface area contributed by atoms with E-state index >= 15 is 0 Å². The predicted molar refractivity (Wildman–Crippen MR) is 70.4 cm³/mol. The summed E-state index contributed by atoms with van der Waals surface area (Å²) in [6, 6.07) is 9.39. The number of likely N-dealkylation sites (tertiary alicyclic amines) is 1. The molecule has 19 heavy (non-hydrogen) atoms. The molecule has 2 N–H and O–H groups in total. The Hall–Kier alpha value is -1.88. The zero-order valence-electron chi connectivity index (χ0n) is 10.7. The van der Waals surface area contributed by atoms with Crippen LogP contribution in [0.1, 0.15) is 12.0 Å². The third-order valence-corrected chi connectivity index (χ3v) is 3.16. The topological polar surface area (TPSA) is 69.6 Å². The van der Waals surface area contributed by atoms with E-state index in [9.17, 15) is 14.7 Å². The molecule has 0 radical (unpaired) electrons. The molecule has 1 saturated heterocycles. The van der Waals surface area contributed by atoms with Gasteiger partial charge in [-0.05, 0) is 12.0 Å². The number of amides is 2. The normalized spacial score (nSPS) is 18.4. The van der Waals surface area contributed by atoms with Gasteiger partial charge in [-0.15, -0.1) is 0 Å². The van der Waals surface area contributed by atoms with Crippen LogP contribution in [0.2, 0.25) is 0 Å². The highest BCUT2D eigenvalue weighted by Gasteiger charge is 2.24. The van der Waals surface area contributed by atoms with E-state index in [1.165, 1.54) is 0 Å². The Bertz CT molecular complexity index is 447. The number of nitrogens with zero attached hydrogens (tertiary/aromatic N) is 1. The Morgan fingerprint density at radius 3 is 2.68 bits per heavy atom. The number of hydrogen-bond donors (Lipinski definition) is 2. The molecule has 102 valence electrons. The summed E-state index contributed by atoms with van der Waals surface area (Å²) in [6.07, 6.45) is 0.462. The van der Waals surface area contributed by atoms with Crippen LogP contribution >= 0.6 is 0 Å². The van der Waals surface area contributed by atoms with Crippen molar-refractivity contribution >= 4 is 11.8 Å². The highest BCUT2D eigenvalue weighted by Crippen LogP contribution is 2.08. The van der Waals surface area contributed by atoms with Crippen molar-refractivity contribution in [1.82, 2.24) is 10.2 Å². The minimum absolute atomic E-state index is 0.00160. The molecule has 0 spiro atoms. The molecule has 5 nitrogen and oxygen atoms in total. The van der Waals surface area contributed by atoms with Crippen LogP contribution in [0.3, 0.4) is 0 Å². The van der Waals surface area contributed by atoms with Gasteiger partial charge in [0.1, 0.15) is 0 Å². The molecule has 0 bridgehead atoms. The highest BCUT2D eigenvalue weighted by molar-refractivity contribution is 5.85. The van der Waals surface area contributed by atoms with Gasteiger partial charge in [0.2, 0.25) is 11.8 Å². The van der Waals surface area contributed by atoms with Crippen molar-refractivity contribution in [2.75, 3.05) is 19.6 Å². The molecule has 0 unspecified atom stereocenters. The van der Waals surface area contributed by atoms with Gasteiger partial charge >= 0.3 is 0 Å². The number of β-amino-alcohol motifs (C(OH)–C–C–N with tert-alkyl or cyclic N) is 1. The van der Waals surface area contributed by atoms with Crippen molar-refractivity contribution in [2.24, 2.45) is 0 Å². The molecule has 0 aliphatic carbocycles. The number of aliphatic hydroxyl groups is 1. The van der Waals surface area contributed by atoms with Gasteiger partial charge in [-0.25, -0.2) is 0 Å². The van der Waals surface area contributed by atoms with Crippen molar-refractivity contribution in [1.29, 1.82) is 0 Å². The smallest absolute Gasteiger partial charge is 0.242 e. The standard InChI is InChI=1S/C14H18N2O3/c17-12-6-7-16(10-12)14(19)9-15-13(18)8-11-4-2-1-3-5-11/h1-5,12,17H,6-10H2,(H,15,18)/t12-/m1/s1. The Labute approximate surface area is 112 Å². The van der Waals surface area contributed by atoms with Crippen molar-refractivity contribution in [2.45, 2.75) is 18.9 Å². The lowest BCUT2D eigenvalue weighted by Crippen LogP contribution is -2.39. The SMILES string of the molecule is O=C(Cc1ccccc1)NCC(=O)N1CC[C@@H](O)C1. The van der Waals surface area contributed by atoms with E-state index in [1.54, 1.807) is 4.90 Å². The molecule has 1 aromatic rings. The third-order valence-electron chi connectivity index (χ3n) is 3.16. The fourth-order valence-corrected chi connectivity index (χ4v) is 2.10. The molecule has 1 heterocycles. The summed E-state index contributed by atoms with van der Waals surface area (Å²) in [4.78, 5) is 25.0. The number of hydrogen-bond acceptors (Lipinski definition) is 3. The van der Waals surface area contributed by atoms with Gasteiger partial charge in [-0.3, -0.25) is 9.59 Å². The van der Waals surface area contributed by atoms with E-state index in [-0.39, 0.29) is 24.8 Å². The maximum absolute atomic E-state index is 11.7. The van der Waals surface area contributed by atoms with E-state index in [1.807, 2.05) is 30.3 Å². The maximum atomic E-state index is 11.7. The Balaban J connectivity index is 1.73. The first-order chi connectivity index (χ1) is 9.15. The van der Waals surface area contributed by atoms with E-state index in [0.29, 0.717) is 19.5 Å². The van der Waals surface area contributed by atoms with Crippen LogP contribution in [-0.4, -0.2) is 47.6 Å². The summed E-state index contributed by atoms with van der Waals surface area (Å²) >= 11 is 0. The molecule has 1 fully saturated rings. The van der Waals surface area contributed by atoms with E-state index in [2.05, 4.69) is 5.32 Å². The molecule has 2 rings (SSSR count). The fourth-order valence-electron chi connectivity index (χ4n) is 2.10. The molecule has 1 atom stereocenters. The lowest BCUT2D eigenvalue weighted by atomic mass is 10.1. The van der Waals surface area contributed by atoms with Gasteiger partial charge < -0.3 is 15.3 Å². The zero-order valence-corrected chi connectivity index (χ0v) is 10.7. The quantitative estimate of drug-likeness (QED) is 0.798. The Morgan fingerprint density at radius 2 is 2.05 bits per heavy atom. The van der Waals surface area contributed by atoms with Crippen LogP contribution in [0.15, 0.2) is 30.3 Å². The number of carbonyl (C=O) groups excluding carboxylic acids is 2. The largest absolute Gasteiger partial charge is 0.391 e. The molecule has 1 aliphatic rings. The number of carbonyl (C=O) groups is 2. The zero-order chi connectivity index (χ0) is 13.7. The van der Waals surface area contributed by atoms with Gasteiger partial charge in [0.05, 0.1) is 19.1 Å². The molecule has 5 heteroatoms. The summed E-state index contributed by atoms with van der Waals surface area (Å²) in [7, 11) is 0. The number of nitrogens with one attached hydrogen (secondary N) is 1. The van der Waals surface area contributed by atoms with E-state index in [4.69, 9.17) is 0 Å². The second-order valence-electron chi connectivity index (χ2n) is 4.72. The summed E-state index contributed by atoms with van der Waals surface area (Å²) in [5, 5.41) is 12.0. The van der Waals surface area contributed by atoms with Gasteiger partial charge in [-0.1, -0.05) is 30.3 Å². The molecular weight excluding hydrogens is 244 g/mol. The highest BCUT2D eigenvalue weighted by atomic mass is 16.3. The predicted octanol–water partition coefficient (Wildman–Crippen LogP) is -0.0615. The van der Waals surface area contributed by atoms with Crippen molar-refractivity contribution in [3.05, 3.63) is 35.9 Å². The third kappa shape index (κ3) is 4.06. The fraction of sp³-hybridized carbons (Fsp3) is 0.429. The first kappa shape index (κ1) is 13.5. The maximum Gasteiger partial charge on any atom is 0.242 e. The lowest BCUT2D eigenvalue weighted by Gasteiger charge is -2.15. The Morgan fingerprint density at radius 1 is 1.32 bits per heavy atom. The van der Waals surface area contributed by atoms with Crippen molar-refractivity contribution in [3.8, 4) is 0 Å². The van der Waals surface area contributed by atoms with Crippen LogP contribution in [0.4, 0.5) is 0 Å². The summed E-state index contributed by atoms with van der Waals surface area (Å²) in [5.41, 5.74) is 0.920. The van der Waals surface area contributed by atoms with Gasteiger partial charge in [0.15, 0.2) is 0 Å². The monoisotopic (exact) mass is 262 g/mol. The van der Waals surface area contributed by atoms with Gasteiger partial charge in [-0.2, -0.15) is 0 Å². The van der Waals surface area contributed by atoms with Gasteiger partial charge in [0, 0.05) is 13.1 Å². The second kappa shape index (κ2) is 6.33. The number of aliphatic hydroxyl groups excluding tert-OH is 1. The van der Waals surface area contributed by atoms with Crippen molar-refractivity contribution in [3.63, 3.8) is 0 Å². The average Bonchev–Trinajstić information content (AvgIpc) is 2.84. The minimum atomic E-state index is -0.427. The van der Waals surface area contributed by atoms with Crippen LogP contribution in [0.5, 0.6) is 0 Å². The molecule has 0 saturated carbocycles. The Kier molecular flexibility index (Phi) is 4.52. The molecular formula is C14H18N2O3. The molecule has 2 amide bonds. The van der Waals surface area contributed by atoms with Crippen molar-refractivity contribution < 1.29 is 14.7 Å². The average molecular weight is 262 g/mol. The summed E-state index contributed by atoms with van der Waals surface area (Å²) in [6.45, 7) is 0.931. The van der Waals surface area contributed by atoms with E-state index < -0.39 is 6.10 Å². The minimum Gasteiger partial charge on any atom is -0.391 e. The molecule has 1 aliphatic heterocycles. The lowest BCUT2D eigenvalue weighted by molar-refractivity contribution is -0.132. The summed E-state index contributed by atoms with van der Waals surface area (Å²) < 4.78 is 0.